The molecule has 4 amide bonds. The van der Waals surface area contributed by atoms with Gasteiger partial charge < -0.3 is 30.7 Å². The Balaban J connectivity index is 1.39. The van der Waals surface area contributed by atoms with E-state index < -0.39 is 23.2 Å². The summed E-state index contributed by atoms with van der Waals surface area (Å²) in [5.41, 5.74) is 7.46. The van der Waals surface area contributed by atoms with Crippen LogP contribution in [-0.2, 0) is 35.2 Å². The summed E-state index contributed by atoms with van der Waals surface area (Å²) in [7, 11) is 0. The van der Waals surface area contributed by atoms with Gasteiger partial charge in [0.1, 0.15) is 6.04 Å². The third-order valence-electron chi connectivity index (χ3n) is 7.73. The number of rotatable bonds is 16. The van der Waals surface area contributed by atoms with Crippen LogP contribution in [0, 0.1) is 17.8 Å². The number of benzene rings is 2. The topological polar surface area (TPSA) is 140 Å². The molecule has 1 unspecified atom stereocenters. The molecule has 0 saturated carbocycles. The van der Waals surface area contributed by atoms with Gasteiger partial charge in [0.05, 0.1) is 43.1 Å². The normalized spacial score (nSPS) is 13.3. The molecule has 0 bridgehead atoms. The van der Waals surface area contributed by atoms with E-state index in [4.69, 9.17) is 15.2 Å². The first-order valence-corrected chi connectivity index (χ1v) is 15.8. The molecule has 0 aromatic heterocycles. The van der Waals surface area contributed by atoms with E-state index in [1.54, 1.807) is 4.90 Å². The summed E-state index contributed by atoms with van der Waals surface area (Å²) in [5.74, 6) is 5.03. The van der Waals surface area contributed by atoms with Crippen molar-refractivity contribution in [3.63, 3.8) is 0 Å². The van der Waals surface area contributed by atoms with Crippen molar-refractivity contribution in [1.82, 2.24) is 10.6 Å². The van der Waals surface area contributed by atoms with Gasteiger partial charge >= 0.3 is 0 Å². The molecule has 0 fully saturated rings. The third-order valence-corrected chi connectivity index (χ3v) is 7.73. The first-order valence-electron chi connectivity index (χ1n) is 15.8. The SMILES string of the molecule is CC(C)C(NC(=O)CC(C)(C)OCCC(C)(C)OCCNC(=O)CCC(=O)N1Cc2ccccc2C#Cc2ccccc21)C(N)=O. The molecule has 248 valence electrons. The smallest absolute Gasteiger partial charge is 0.240 e. The molecule has 10 heteroatoms. The fourth-order valence-corrected chi connectivity index (χ4v) is 5.04. The van der Waals surface area contributed by atoms with Crippen molar-refractivity contribution in [3.8, 4) is 11.8 Å². The van der Waals surface area contributed by atoms with Crippen LogP contribution in [0.15, 0.2) is 48.5 Å². The van der Waals surface area contributed by atoms with E-state index >= 15 is 0 Å². The molecule has 0 spiro atoms. The van der Waals surface area contributed by atoms with Gasteiger partial charge in [-0.05, 0) is 63.8 Å². The Bertz CT molecular complexity index is 1460. The number of para-hydroxylation sites is 1. The lowest BCUT2D eigenvalue weighted by Crippen LogP contribution is -2.49. The van der Waals surface area contributed by atoms with Crippen LogP contribution in [0.25, 0.3) is 0 Å². The number of carbonyl (C=O) groups excluding carboxylic acids is 4. The van der Waals surface area contributed by atoms with Gasteiger partial charge in [0.15, 0.2) is 0 Å². The van der Waals surface area contributed by atoms with Crippen molar-refractivity contribution < 1.29 is 28.7 Å². The molecule has 1 aliphatic heterocycles. The molecule has 2 aromatic carbocycles. The molecule has 46 heavy (non-hydrogen) atoms. The number of fused-ring (bicyclic) bond motifs is 2. The average Bonchev–Trinajstić information content (AvgIpc) is 2.97. The molecule has 0 radical (unpaired) electrons. The average molecular weight is 633 g/mol. The summed E-state index contributed by atoms with van der Waals surface area (Å²) in [4.78, 5) is 51.7. The zero-order valence-corrected chi connectivity index (χ0v) is 27.9. The number of nitrogens with two attached hydrogens (primary N) is 1. The number of nitrogens with zero attached hydrogens (tertiary/aromatic N) is 1. The minimum absolute atomic E-state index is 0.0576. The lowest BCUT2D eigenvalue weighted by atomic mass is 10.0. The number of anilines is 1. The number of primary amides is 1. The van der Waals surface area contributed by atoms with Crippen molar-refractivity contribution in [2.45, 2.75) is 91.0 Å². The Hall–Kier alpha value is -4.20. The summed E-state index contributed by atoms with van der Waals surface area (Å²) in [6.45, 7) is 12.4. The molecule has 0 aliphatic carbocycles. The Labute approximate surface area is 272 Å². The second-order valence-electron chi connectivity index (χ2n) is 13.1. The summed E-state index contributed by atoms with van der Waals surface area (Å²) >= 11 is 0. The lowest BCUT2D eigenvalue weighted by molar-refractivity contribution is -0.133. The van der Waals surface area contributed by atoms with E-state index in [9.17, 15) is 19.2 Å². The van der Waals surface area contributed by atoms with Crippen LogP contribution < -0.4 is 21.3 Å². The lowest BCUT2D eigenvalue weighted by Gasteiger charge is -2.30. The molecule has 4 N–H and O–H groups in total. The van der Waals surface area contributed by atoms with Gasteiger partial charge in [-0.1, -0.05) is 56.0 Å². The maximum absolute atomic E-state index is 13.4. The van der Waals surface area contributed by atoms with E-state index in [2.05, 4.69) is 22.5 Å². The molecule has 10 nitrogen and oxygen atoms in total. The zero-order valence-electron chi connectivity index (χ0n) is 27.9. The number of nitrogens with one attached hydrogen (secondary N) is 2. The second-order valence-corrected chi connectivity index (χ2v) is 13.1. The number of amides is 4. The van der Waals surface area contributed by atoms with Crippen LogP contribution in [0.1, 0.15) is 83.9 Å². The third kappa shape index (κ3) is 11.3. The van der Waals surface area contributed by atoms with Crippen molar-refractivity contribution in [2.24, 2.45) is 11.7 Å². The Morgan fingerprint density at radius 1 is 0.870 bits per heavy atom. The highest BCUT2D eigenvalue weighted by Gasteiger charge is 2.28. The summed E-state index contributed by atoms with van der Waals surface area (Å²) < 4.78 is 12.0. The molecule has 3 rings (SSSR count). The van der Waals surface area contributed by atoms with Crippen LogP contribution >= 0.6 is 0 Å². The molecule has 1 atom stereocenters. The number of carbonyl (C=O) groups is 4. The van der Waals surface area contributed by atoms with Gasteiger partial charge in [-0.15, -0.1) is 0 Å². The van der Waals surface area contributed by atoms with Gasteiger partial charge in [0, 0.05) is 30.5 Å². The van der Waals surface area contributed by atoms with E-state index in [0.717, 1.165) is 22.4 Å². The van der Waals surface area contributed by atoms with Crippen LogP contribution in [-0.4, -0.2) is 60.6 Å². The minimum atomic E-state index is -0.754. The van der Waals surface area contributed by atoms with Gasteiger partial charge in [-0.3, -0.25) is 19.2 Å². The Kier molecular flexibility index (Phi) is 12.9. The van der Waals surface area contributed by atoms with Gasteiger partial charge in [0.2, 0.25) is 23.6 Å². The highest BCUT2D eigenvalue weighted by Crippen LogP contribution is 2.26. The fourth-order valence-electron chi connectivity index (χ4n) is 5.04. The van der Waals surface area contributed by atoms with Gasteiger partial charge in [-0.25, -0.2) is 0 Å². The number of hydrogen-bond acceptors (Lipinski definition) is 6. The predicted molar refractivity (Wildman–Crippen MR) is 178 cm³/mol. The van der Waals surface area contributed by atoms with E-state index in [-0.39, 0.29) is 49.5 Å². The molecule has 1 aliphatic rings. The predicted octanol–water partition coefficient (Wildman–Crippen LogP) is 3.83. The zero-order chi connectivity index (χ0) is 33.9. The quantitative estimate of drug-likeness (QED) is 0.190. The minimum Gasteiger partial charge on any atom is -0.375 e. The van der Waals surface area contributed by atoms with Crippen LogP contribution in [0.2, 0.25) is 0 Å². The van der Waals surface area contributed by atoms with Crippen LogP contribution in [0.3, 0.4) is 0 Å². The largest absolute Gasteiger partial charge is 0.375 e. The van der Waals surface area contributed by atoms with E-state index in [0.29, 0.717) is 26.1 Å². The van der Waals surface area contributed by atoms with Crippen molar-refractivity contribution in [2.75, 3.05) is 24.7 Å². The van der Waals surface area contributed by atoms with Crippen molar-refractivity contribution in [3.05, 3.63) is 65.2 Å². The second kappa shape index (κ2) is 16.4. The highest BCUT2D eigenvalue weighted by atomic mass is 16.5. The molecular formula is C36H48N4O6. The highest BCUT2D eigenvalue weighted by molar-refractivity contribution is 5.97. The molecule has 2 aromatic rings. The molecule has 1 heterocycles. The standard InChI is InChI=1S/C36H48N4O6/c1-25(2)33(34(37)44)39-31(42)23-36(5,6)45-21-19-35(3,4)46-22-20-38-30(41)17-18-32(43)40-24-28-13-8-7-11-26(28)15-16-27-12-9-10-14-29(27)40/h7-14,25,33H,17-24H2,1-6H3,(H2,37,44)(H,38,41)(H,39,42). The van der Waals surface area contributed by atoms with Gasteiger partial charge in [-0.2, -0.15) is 0 Å². The first-order chi connectivity index (χ1) is 21.7. The van der Waals surface area contributed by atoms with E-state index in [1.807, 2.05) is 90.1 Å². The van der Waals surface area contributed by atoms with Crippen LogP contribution in [0.5, 0.6) is 0 Å². The summed E-state index contributed by atoms with van der Waals surface area (Å²) in [6.07, 6.45) is 0.752. The number of ether oxygens (including phenoxy) is 2. The van der Waals surface area contributed by atoms with Crippen molar-refractivity contribution >= 4 is 29.3 Å². The Morgan fingerprint density at radius 3 is 2.20 bits per heavy atom. The maximum Gasteiger partial charge on any atom is 0.240 e. The molecular weight excluding hydrogens is 584 g/mol. The first kappa shape index (κ1) is 36.3. The summed E-state index contributed by atoms with van der Waals surface area (Å²) in [5, 5.41) is 5.53. The molecule has 0 saturated heterocycles. The van der Waals surface area contributed by atoms with E-state index in [1.165, 1.54) is 0 Å². The van der Waals surface area contributed by atoms with Gasteiger partial charge in [0.25, 0.3) is 0 Å². The Morgan fingerprint density at radius 2 is 1.50 bits per heavy atom. The monoisotopic (exact) mass is 632 g/mol. The fraction of sp³-hybridized carbons (Fsp3) is 0.500. The van der Waals surface area contributed by atoms with Crippen LogP contribution in [0.4, 0.5) is 5.69 Å². The maximum atomic E-state index is 13.4. The summed E-state index contributed by atoms with van der Waals surface area (Å²) in [6, 6.07) is 14.6. The number of hydrogen-bond donors (Lipinski definition) is 3. The van der Waals surface area contributed by atoms with Crippen molar-refractivity contribution in [1.29, 1.82) is 0 Å².